The Morgan fingerprint density at radius 2 is 1.87 bits per heavy atom. The molecular weight excluding hydrogens is 478 g/mol. The molecule has 8 heteroatoms. The quantitative estimate of drug-likeness (QED) is 0.555. The number of carbonyl (C=O) groups is 2. The summed E-state index contributed by atoms with van der Waals surface area (Å²) in [5.74, 6) is 2.26. The molecule has 208 valence electrons. The molecule has 0 radical (unpaired) electrons. The molecule has 5 rings (SSSR count). The molecule has 2 bridgehead atoms. The van der Waals surface area contributed by atoms with Crippen LogP contribution in [0.4, 0.5) is 4.79 Å². The number of aromatic nitrogens is 2. The first-order chi connectivity index (χ1) is 18.0. The van der Waals surface area contributed by atoms with Gasteiger partial charge in [-0.25, -0.2) is 9.78 Å². The van der Waals surface area contributed by atoms with Crippen LogP contribution in [0.5, 0.6) is 0 Å². The van der Waals surface area contributed by atoms with Crippen molar-refractivity contribution in [3.05, 3.63) is 35.8 Å². The normalized spacial score (nSPS) is 29.8. The second-order valence-electron chi connectivity index (χ2n) is 13.6. The number of imidazole rings is 1. The molecule has 3 unspecified atom stereocenters. The molecule has 2 N–H and O–H groups in total. The van der Waals surface area contributed by atoms with Crippen LogP contribution in [0.1, 0.15) is 89.3 Å². The second-order valence-corrected chi connectivity index (χ2v) is 13.6. The maximum atomic E-state index is 13.4. The second kappa shape index (κ2) is 10.5. The Hall–Kier alpha value is -2.61. The average Bonchev–Trinajstić information content (AvgIpc) is 3.41. The summed E-state index contributed by atoms with van der Waals surface area (Å²) in [4.78, 5) is 32.6. The van der Waals surface area contributed by atoms with Gasteiger partial charge in [0.1, 0.15) is 16.9 Å². The Bertz CT molecular complexity index is 1150. The molecule has 2 amide bonds. The van der Waals surface area contributed by atoms with Gasteiger partial charge in [0.15, 0.2) is 0 Å². The summed E-state index contributed by atoms with van der Waals surface area (Å²) in [6.45, 7) is 13.4. The van der Waals surface area contributed by atoms with Crippen molar-refractivity contribution < 1.29 is 14.3 Å². The van der Waals surface area contributed by atoms with Crippen LogP contribution in [0.25, 0.3) is 5.65 Å². The molecule has 2 aliphatic carbocycles. The van der Waals surface area contributed by atoms with E-state index in [-0.39, 0.29) is 23.5 Å². The number of likely N-dealkylation sites (tertiary alicyclic amines) is 1. The minimum absolute atomic E-state index is 0.0234. The first-order valence-electron chi connectivity index (χ1n) is 14.4. The van der Waals surface area contributed by atoms with Gasteiger partial charge in [-0.2, -0.15) is 0 Å². The van der Waals surface area contributed by atoms with E-state index in [1.165, 1.54) is 32.1 Å². The number of nitrogens with zero attached hydrogens (tertiary/aromatic N) is 3. The highest BCUT2D eigenvalue weighted by Crippen LogP contribution is 2.52. The van der Waals surface area contributed by atoms with Crippen molar-refractivity contribution in [1.29, 1.82) is 0 Å². The number of fused-ring (bicyclic) bond motifs is 3. The average molecular weight is 524 g/mol. The minimum Gasteiger partial charge on any atom is -0.444 e. The van der Waals surface area contributed by atoms with Crippen molar-refractivity contribution >= 4 is 17.6 Å². The summed E-state index contributed by atoms with van der Waals surface area (Å²) in [6, 6.07) is 5.81. The van der Waals surface area contributed by atoms with Crippen LogP contribution >= 0.6 is 0 Å². The van der Waals surface area contributed by atoms with Gasteiger partial charge >= 0.3 is 6.09 Å². The third-order valence-electron chi connectivity index (χ3n) is 8.53. The molecule has 3 fully saturated rings. The van der Waals surface area contributed by atoms with Gasteiger partial charge in [0.05, 0.1) is 5.69 Å². The van der Waals surface area contributed by atoms with Gasteiger partial charge in [0.25, 0.3) is 5.91 Å². The molecule has 0 spiro atoms. The van der Waals surface area contributed by atoms with E-state index in [4.69, 9.17) is 9.72 Å². The number of pyridine rings is 1. The first-order valence-corrected chi connectivity index (χ1v) is 14.4. The number of alkyl carbamates (subject to hydrolysis) is 1. The Morgan fingerprint density at radius 3 is 2.58 bits per heavy atom. The Morgan fingerprint density at radius 1 is 1.13 bits per heavy atom. The van der Waals surface area contributed by atoms with E-state index < -0.39 is 5.60 Å². The van der Waals surface area contributed by atoms with Gasteiger partial charge in [0.2, 0.25) is 0 Å². The van der Waals surface area contributed by atoms with E-state index in [0.29, 0.717) is 12.2 Å². The monoisotopic (exact) mass is 523 g/mol. The van der Waals surface area contributed by atoms with Crippen LogP contribution in [-0.4, -0.2) is 57.6 Å². The maximum absolute atomic E-state index is 13.4. The van der Waals surface area contributed by atoms with E-state index in [1.54, 1.807) is 0 Å². The molecule has 0 aromatic carbocycles. The summed E-state index contributed by atoms with van der Waals surface area (Å²) in [6.07, 6.45) is 8.85. The van der Waals surface area contributed by atoms with Crippen molar-refractivity contribution in [2.75, 3.05) is 19.6 Å². The van der Waals surface area contributed by atoms with Crippen LogP contribution in [0, 0.1) is 23.2 Å². The highest BCUT2D eigenvalue weighted by atomic mass is 16.6. The lowest BCUT2D eigenvalue weighted by Crippen LogP contribution is -2.46. The molecule has 8 nitrogen and oxygen atoms in total. The van der Waals surface area contributed by atoms with E-state index in [2.05, 4.69) is 29.4 Å². The summed E-state index contributed by atoms with van der Waals surface area (Å²) in [5.41, 5.74) is 2.07. The Kier molecular flexibility index (Phi) is 7.46. The Balaban J connectivity index is 1.21. The number of amides is 2. The number of hydrogen-bond acceptors (Lipinski definition) is 5. The molecular formula is C30H45N5O3. The highest BCUT2D eigenvalue weighted by molar-refractivity contribution is 5.93. The molecule has 2 aromatic rings. The van der Waals surface area contributed by atoms with E-state index >= 15 is 0 Å². The minimum atomic E-state index is -0.505. The Labute approximate surface area is 226 Å². The lowest BCUT2D eigenvalue weighted by molar-refractivity contribution is 0.0183. The van der Waals surface area contributed by atoms with E-state index in [0.717, 1.165) is 55.1 Å². The van der Waals surface area contributed by atoms with Crippen LogP contribution in [0.15, 0.2) is 24.4 Å². The number of hydrogen-bond donors (Lipinski definition) is 2. The van der Waals surface area contributed by atoms with Gasteiger partial charge in [-0.15, -0.1) is 0 Å². The zero-order valence-electron chi connectivity index (χ0n) is 23.8. The fraction of sp³-hybridized carbons (Fsp3) is 0.700. The standard InChI is InChI=1S/C30H45N5O3/c1-20-11-22-12-21(2)14-30(13-20,15-22)19-31-27(36)25-7-6-8-26-32-24(18-35(25)26)17-34-10-9-23(16-34)33-28(37)38-29(3,4)5/h6-8,18,20-23H,9-17,19H2,1-5H3,(H,31,36)(H,33,37). The first kappa shape index (κ1) is 27.0. The number of nitrogens with one attached hydrogen (secondary N) is 2. The molecule has 38 heavy (non-hydrogen) atoms. The van der Waals surface area contributed by atoms with E-state index in [9.17, 15) is 9.59 Å². The summed E-state index contributed by atoms with van der Waals surface area (Å²) in [7, 11) is 0. The van der Waals surface area contributed by atoms with Crippen molar-refractivity contribution in [2.24, 2.45) is 23.2 Å². The largest absolute Gasteiger partial charge is 0.444 e. The van der Waals surface area contributed by atoms with Gasteiger partial charge in [-0.3, -0.25) is 14.1 Å². The number of ether oxygens (including phenoxy) is 1. The molecule has 1 aliphatic heterocycles. The lowest BCUT2D eigenvalue weighted by Gasteiger charge is -2.50. The van der Waals surface area contributed by atoms with Crippen molar-refractivity contribution in [1.82, 2.24) is 24.9 Å². The zero-order chi connectivity index (χ0) is 27.1. The van der Waals surface area contributed by atoms with E-state index in [1.807, 2.05) is 49.6 Å². The van der Waals surface area contributed by atoms with Gasteiger partial charge in [-0.05, 0) is 94.6 Å². The zero-order valence-corrected chi connectivity index (χ0v) is 23.8. The molecule has 3 atom stereocenters. The third kappa shape index (κ3) is 6.33. The van der Waals surface area contributed by atoms with Gasteiger partial charge in [0, 0.05) is 38.4 Å². The van der Waals surface area contributed by atoms with Crippen LogP contribution < -0.4 is 10.6 Å². The summed E-state index contributed by atoms with van der Waals surface area (Å²) < 4.78 is 7.32. The smallest absolute Gasteiger partial charge is 0.407 e. The highest BCUT2D eigenvalue weighted by Gasteiger charge is 2.44. The van der Waals surface area contributed by atoms with Crippen LogP contribution in [0.3, 0.4) is 0 Å². The van der Waals surface area contributed by atoms with Crippen LogP contribution in [0.2, 0.25) is 0 Å². The van der Waals surface area contributed by atoms with Crippen molar-refractivity contribution in [2.45, 2.75) is 91.3 Å². The summed E-state index contributed by atoms with van der Waals surface area (Å²) >= 11 is 0. The van der Waals surface area contributed by atoms with Gasteiger partial charge < -0.3 is 15.4 Å². The SMILES string of the molecule is CC1CC2CC(C)CC(CNC(=O)c3cccc4nc(CN5CCC(NC(=O)OC(C)(C)C)C5)cn34)(C1)C2. The van der Waals surface area contributed by atoms with Crippen molar-refractivity contribution in [3.8, 4) is 0 Å². The molecule has 3 aliphatic rings. The fourth-order valence-electron chi connectivity index (χ4n) is 7.60. The molecule has 2 saturated carbocycles. The van der Waals surface area contributed by atoms with Gasteiger partial charge in [-0.1, -0.05) is 19.9 Å². The topological polar surface area (TPSA) is 88.0 Å². The molecule has 2 aromatic heterocycles. The predicted octanol–water partition coefficient (Wildman–Crippen LogP) is 5.02. The van der Waals surface area contributed by atoms with Crippen molar-refractivity contribution in [3.63, 3.8) is 0 Å². The number of carbonyl (C=O) groups excluding carboxylic acids is 2. The summed E-state index contributed by atoms with van der Waals surface area (Å²) in [5, 5.41) is 6.30. The fourth-order valence-corrected chi connectivity index (χ4v) is 7.60. The molecule has 1 saturated heterocycles. The maximum Gasteiger partial charge on any atom is 0.407 e. The number of rotatable bonds is 6. The third-order valence-corrected chi connectivity index (χ3v) is 8.53. The van der Waals surface area contributed by atoms with Crippen LogP contribution in [-0.2, 0) is 11.3 Å². The lowest BCUT2D eigenvalue weighted by atomic mass is 9.57. The molecule has 3 heterocycles. The predicted molar refractivity (Wildman–Crippen MR) is 148 cm³/mol.